The Morgan fingerprint density at radius 2 is 1.84 bits per heavy atom. The molecular formula is C27H41N3O6S. The van der Waals surface area contributed by atoms with Crippen LogP contribution in [0.2, 0.25) is 0 Å². The molecule has 1 aliphatic rings. The summed E-state index contributed by atoms with van der Waals surface area (Å²) >= 11 is 4.44. The van der Waals surface area contributed by atoms with E-state index in [1.807, 2.05) is 32.0 Å². The number of amides is 3. The highest BCUT2D eigenvalue weighted by molar-refractivity contribution is 7.80. The summed E-state index contributed by atoms with van der Waals surface area (Å²) < 4.78 is 10.3. The van der Waals surface area contributed by atoms with Crippen molar-refractivity contribution >= 4 is 42.2 Å². The smallest absolute Gasteiger partial charge is 0.408 e. The van der Waals surface area contributed by atoms with Crippen LogP contribution in [0.3, 0.4) is 0 Å². The van der Waals surface area contributed by atoms with Crippen LogP contribution in [0, 0.1) is 0 Å². The van der Waals surface area contributed by atoms with Crippen LogP contribution in [-0.4, -0.2) is 65.0 Å². The average molecular weight is 536 g/mol. The summed E-state index contributed by atoms with van der Waals surface area (Å²) in [6, 6.07) is 4.92. The number of thiol groups is 1. The predicted molar refractivity (Wildman–Crippen MR) is 146 cm³/mol. The highest BCUT2D eigenvalue weighted by Crippen LogP contribution is 2.30. The van der Waals surface area contributed by atoms with Crippen molar-refractivity contribution in [1.82, 2.24) is 10.2 Å². The van der Waals surface area contributed by atoms with Gasteiger partial charge in [0.15, 0.2) is 0 Å². The molecule has 0 fully saturated rings. The zero-order chi connectivity index (χ0) is 27.9. The Balaban J connectivity index is 2.18. The van der Waals surface area contributed by atoms with Crippen molar-refractivity contribution in [3.8, 4) is 0 Å². The summed E-state index contributed by atoms with van der Waals surface area (Å²) in [7, 11) is 0. The molecule has 0 aliphatic carbocycles. The Morgan fingerprint density at radius 3 is 2.43 bits per heavy atom. The van der Waals surface area contributed by atoms with Crippen molar-refractivity contribution in [3.63, 3.8) is 0 Å². The Bertz CT molecular complexity index is 991. The lowest BCUT2D eigenvalue weighted by molar-refractivity contribution is -0.144. The molecule has 206 valence electrons. The summed E-state index contributed by atoms with van der Waals surface area (Å²) in [5, 5.41) is 2.34. The van der Waals surface area contributed by atoms with Crippen molar-refractivity contribution in [3.05, 3.63) is 29.3 Å². The van der Waals surface area contributed by atoms with Gasteiger partial charge in [0.1, 0.15) is 12.1 Å². The monoisotopic (exact) mass is 535 g/mol. The van der Waals surface area contributed by atoms with Gasteiger partial charge in [-0.15, -0.1) is 0 Å². The second kappa shape index (κ2) is 13.2. The number of benzene rings is 1. The number of nitrogens with zero attached hydrogens (tertiary/aromatic N) is 2. The van der Waals surface area contributed by atoms with E-state index < -0.39 is 23.7 Å². The lowest BCUT2D eigenvalue weighted by Gasteiger charge is -2.28. The highest BCUT2D eigenvalue weighted by Gasteiger charge is 2.35. The maximum Gasteiger partial charge on any atom is 0.408 e. The number of carbonyl (C=O) groups is 4. The normalized spacial score (nSPS) is 15.7. The molecule has 1 N–H and O–H groups in total. The number of alkyl carbamates (subject to hydrolysis) is 1. The van der Waals surface area contributed by atoms with E-state index in [9.17, 15) is 19.2 Å². The van der Waals surface area contributed by atoms with Gasteiger partial charge in [0.2, 0.25) is 5.91 Å². The quantitative estimate of drug-likeness (QED) is 0.263. The summed E-state index contributed by atoms with van der Waals surface area (Å²) in [5.41, 5.74) is 1.35. The molecule has 0 radical (unpaired) electrons. The third-order valence-electron chi connectivity index (χ3n) is 5.83. The first-order chi connectivity index (χ1) is 17.2. The van der Waals surface area contributed by atoms with E-state index in [-0.39, 0.29) is 42.8 Å². The Kier molecular flexibility index (Phi) is 10.8. The van der Waals surface area contributed by atoms with Gasteiger partial charge in [0.05, 0.1) is 29.7 Å². The van der Waals surface area contributed by atoms with Crippen LogP contribution in [0.1, 0.15) is 83.7 Å². The van der Waals surface area contributed by atoms with E-state index >= 15 is 0 Å². The van der Waals surface area contributed by atoms with Gasteiger partial charge in [-0.05, 0) is 85.4 Å². The second-order valence-corrected chi connectivity index (χ2v) is 11.2. The van der Waals surface area contributed by atoms with Crippen LogP contribution in [-0.2, 0) is 25.5 Å². The molecule has 2 rings (SSSR count). The second-order valence-electron chi connectivity index (χ2n) is 10.6. The molecule has 0 aromatic heterocycles. The zero-order valence-corrected chi connectivity index (χ0v) is 23.9. The summed E-state index contributed by atoms with van der Waals surface area (Å²) in [6.07, 6.45) is 1.47. The van der Waals surface area contributed by atoms with Gasteiger partial charge in [-0.1, -0.05) is 6.07 Å². The molecule has 1 aromatic carbocycles. The number of nitrogens with one attached hydrogen (secondary N) is 1. The number of carbonyl (C=O) groups excluding carboxylic acids is 4. The first-order valence-electron chi connectivity index (χ1n) is 12.8. The molecule has 1 aliphatic heterocycles. The molecule has 0 saturated carbocycles. The SMILES string of the molecule is CCOC(=O)CC(C)N1CC(=O)N(C(C)C)c2ccc(CCCC(S)NC(=O)OC(C)(C)C)cc2C1=O. The third kappa shape index (κ3) is 8.94. The Labute approximate surface area is 225 Å². The van der Waals surface area contributed by atoms with Gasteiger partial charge in [-0.25, -0.2) is 4.79 Å². The minimum Gasteiger partial charge on any atom is -0.466 e. The number of fused-ring (bicyclic) bond motifs is 1. The number of anilines is 1. The van der Waals surface area contributed by atoms with E-state index in [0.29, 0.717) is 30.5 Å². The lowest BCUT2D eigenvalue weighted by atomic mass is 10.0. The van der Waals surface area contributed by atoms with E-state index in [0.717, 1.165) is 5.56 Å². The molecule has 10 heteroatoms. The fraction of sp³-hybridized carbons (Fsp3) is 0.630. The minimum absolute atomic E-state index is 0.0115. The molecule has 1 aromatic rings. The van der Waals surface area contributed by atoms with E-state index in [1.165, 1.54) is 4.90 Å². The first-order valence-corrected chi connectivity index (χ1v) is 13.3. The van der Waals surface area contributed by atoms with Gasteiger partial charge in [-0.2, -0.15) is 12.6 Å². The maximum atomic E-state index is 13.6. The van der Waals surface area contributed by atoms with Gasteiger partial charge >= 0.3 is 12.1 Å². The molecule has 37 heavy (non-hydrogen) atoms. The molecule has 0 saturated heterocycles. The van der Waals surface area contributed by atoms with Crippen molar-refractivity contribution in [2.24, 2.45) is 0 Å². The molecule has 0 bridgehead atoms. The van der Waals surface area contributed by atoms with E-state index in [4.69, 9.17) is 9.47 Å². The molecular weight excluding hydrogens is 494 g/mol. The summed E-state index contributed by atoms with van der Waals surface area (Å²) in [5.74, 6) is -0.893. The molecule has 0 spiro atoms. The summed E-state index contributed by atoms with van der Waals surface area (Å²) in [6.45, 7) is 12.8. The Hall–Kier alpha value is -2.75. The topological polar surface area (TPSA) is 105 Å². The number of ether oxygens (including phenoxy) is 2. The number of aryl methyl sites for hydroxylation is 1. The van der Waals surface area contributed by atoms with Crippen LogP contribution in [0.5, 0.6) is 0 Å². The van der Waals surface area contributed by atoms with E-state index in [1.54, 1.807) is 39.5 Å². The molecule has 2 unspecified atom stereocenters. The van der Waals surface area contributed by atoms with Gasteiger partial charge in [0.25, 0.3) is 5.91 Å². The predicted octanol–water partition coefficient (Wildman–Crippen LogP) is 4.33. The number of rotatable bonds is 10. The van der Waals surface area contributed by atoms with Gasteiger partial charge < -0.3 is 24.6 Å². The van der Waals surface area contributed by atoms with Crippen LogP contribution in [0.25, 0.3) is 0 Å². The highest BCUT2D eigenvalue weighted by atomic mass is 32.1. The van der Waals surface area contributed by atoms with Crippen LogP contribution in [0.4, 0.5) is 10.5 Å². The molecule has 3 amide bonds. The number of hydrogen-bond donors (Lipinski definition) is 2. The molecule has 2 atom stereocenters. The standard InChI is InChI=1S/C27H41N3O6S/c1-8-35-24(32)14-18(4)29-16-23(31)30(17(2)3)21-13-12-19(15-20(21)25(29)33)10-9-11-22(37)28-26(34)36-27(5,6)7/h12-13,15,17-18,22,37H,8-11,14,16H2,1-7H3,(H,28,34). The lowest BCUT2D eigenvalue weighted by Crippen LogP contribution is -2.46. The largest absolute Gasteiger partial charge is 0.466 e. The average Bonchev–Trinajstić information content (AvgIpc) is 2.86. The number of hydrogen-bond acceptors (Lipinski definition) is 7. The van der Waals surface area contributed by atoms with Crippen molar-refractivity contribution < 1.29 is 28.7 Å². The van der Waals surface area contributed by atoms with Crippen molar-refractivity contribution in [2.75, 3.05) is 18.1 Å². The molecule has 1 heterocycles. The van der Waals surface area contributed by atoms with Gasteiger partial charge in [0, 0.05) is 12.1 Å². The minimum atomic E-state index is -0.584. The maximum absolute atomic E-state index is 13.6. The van der Waals surface area contributed by atoms with Crippen LogP contribution < -0.4 is 10.2 Å². The fourth-order valence-corrected chi connectivity index (χ4v) is 4.50. The van der Waals surface area contributed by atoms with Crippen molar-refractivity contribution in [2.45, 2.75) is 97.2 Å². The summed E-state index contributed by atoms with van der Waals surface area (Å²) in [4.78, 5) is 53.9. The first kappa shape index (κ1) is 30.5. The zero-order valence-electron chi connectivity index (χ0n) is 23.0. The van der Waals surface area contributed by atoms with E-state index in [2.05, 4.69) is 17.9 Å². The van der Waals surface area contributed by atoms with Crippen LogP contribution >= 0.6 is 12.6 Å². The van der Waals surface area contributed by atoms with Crippen molar-refractivity contribution in [1.29, 1.82) is 0 Å². The third-order valence-corrected chi connectivity index (χ3v) is 6.22. The van der Waals surface area contributed by atoms with Gasteiger partial charge in [-0.3, -0.25) is 14.4 Å². The Morgan fingerprint density at radius 1 is 1.16 bits per heavy atom. The van der Waals surface area contributed by atoms with Crippen LogP contribution in [0.15, 0.2) is 18.2 Å². The fourth-order valence-electron chi connectivity index (χ4n) is 4.21. The molecule has 9 nitrogen and oxygen atoms in total. The number of esters is 1.